The van der Waals surface area contributed by atoms with Crippen LogP contribution in [0.5, 0.6) is 0 Å². The second kappa shape index (κ2) is 8.96. The largest absolute Gasteiger partial charge is 0.354 e. The Morgan fingerprint density at radius 2 is 1.90 bits per heavy atom. The van der Waals surface area contributed by atoms with Crippen molar-refractivity contribution in [2.75, 3.05) is 20.1 Å². The van der Waals surface area contributed by atoms with Gasteiger partial charge in [0.25, 0.3) is 0 Å². The summed E-state index contributed by atoms with van der Waals surface area (Å²) in [6.07, 6.45) is 0.839. The molecule has 1 aromatic carbocycles. The van der Waals surface area contributed by atoms with Crippen LogP contribution in [0.25, 0.3) is 0 Å². The number of nitrogens with one attached hydrogen (secondary N) is 3. The molecule has 5 heteroatoms. The third kappa shape index (κ3) is 6.78. The molecule has 0 aliphatic heterocycles. The van der Waals surface area contributed by atoms with Gasteiger partial charge in [-0.3, -0.25) is 9.79 Å². The SMILES string of the molecule is CN=C(NCC(=O)NCCc1ccccc1)NC(C)C. The van der Waals surface area contributed by atoms with Gasteiger partial charge in [0.2, 0.25) is 5.91 Å². The Balaban J connectivity index is 2.20. The number of hydrogen-bond donors (Lipinski definition) is 3. The van der Waals surface area contributed by atoms with Crippen molar-refractivity contribution in [1.82, 2.24) is 16.0 Å². The molecule has 0 fully saturated rings. The Kier molecular flexibility index (Phi) is 7.17. The molecule has 5 nitrogen and oxygen atoms in total. The minimum Gasteiger partial charge on any atom is -0.354 e. The molecule has 110 valence electrons. The first kappa shape index (κ1) is 16.0. The Hall–Kier alpha value is -2.04. The number of nitrogens with zero attached hydrogens (tertiary/aromatic N) is 1. The van der Waals surface area contributed by atoms with Crippen LogP contribution in [0.2, 0.25) is 0 Å². The van der Waals surface area contributed by atoms with Crippen LogP contribution < -0.4 is 16.0 Å². The Labute approximate surface area is 120 Å². The highest BCUT2D eigenvalue weighted by molar-refractivity contribution is 5.86. The first-order chi connectivity index (χ1) is 9.61. The average Bonchev–Trinajstić information content (AvgIpc) is 2.44. The van der Waals surface area contributed by atoms with Crippen molar-refractivity contribution < 1.29 is 4.79 Å². The summed E-state index contributed by atoms with van der Waals surface area (Å²) >= 11 is 0. The van der Waals surface area contributed by atoms with Gasteiger partial charge in [-0.15, -0.1) is 0 Å². The number of guanidine groups is 1. The fourth-order valence-corrected chi connectivity index (χ4v) is 1.69. The van der Waals surface area contributed by atoms with E-state index in [4.69, 9.17) is 0 Å². The Bertz CT molecular complexity index is 429. The molecule has 3 N–H and O–H groups in total. The van der Waals surface area contributed by atoms with Gasteiger partial charge in [-0.1, -0.05) is 30.3 Å². The van der Waals surface area contributed by atoms with E-state index in [1.54, 1.807) is 7.05 Å². The average molecular weight is 276 g/mol. The molecule has 0 spiro atoms. The standard InChI is InChI=1S/C15H24N4O/c1-12(2)19-15(16-3)18-11-14(20)17-10-9-13-7-5-4-6-8-13/h4-8,12H,9-11H2,1-3H3,(H,17,20)(H2,16,18,19). The lowest BCUT2D eigenvalue weighted by atomic mass is 10.1. The molecule has 0 atom stereocenters. The van der Waals surface area contributed by atoms with Gasteiger partial charge in [-0.05, 0) is 25.8 Å². The summed E-state index contributed by atoms with van der Waals surface area (Å²) < 4.78 is 0. The summed E-state index contributed by atoms with van der Waals surface area (Å²) in [4.78, 5) is 15.7. The molecule has 1 rings (SSSR count). The van der Waals surface area contributed by atoms with E-state index in [0.29, 0.717) is 12.5 Å². The lowest BCUT2D eigenvalue weighted by molar-refractivity contribution is -0.119. The van der Waals surface area contributed by atoms with Gasteiger partial charge >= 0.3 is 0 Å². The van der Waals surface area contributed by atoms with Gasteiger partial charge in [0.15, 0.2) is 5.96 Å². The van der Waals surface area contributed by atoms with Gasteiger partial charge in [0.05, 0.1) is 6.54 Å². The molecule has 0 saturated carbocycles. The molecule has 20 heavy (non-hydrogen) atoms. The predicted molar refractivity (Wildman–Crippen MR) is 82.8 cm³/mol. The predicted octanol–water partition coefficient (Wildman–Crippen LogP) is 0.919. The van der Waals surface area contributed by atoms with E-state index < -0.39 is 0 Å². The molecule has 0 bridgehead atoms. The third-order valence-electron chi connectivity index (χ3n) is 2.64. The van der Waals surface area contributed by atoms with E-state index in [0.717, 1.165) is 6.42 Å². The van der Waals surface area contributed by atoms with Gasteiger partial charge in [-0.25, -0.2) is 0 Å². The number of aliphatic imine (C=N–C) groups is 1. The highest BCUT2D eigenvalue weighted by Gasteiger charge is 2.04. The van der Waals surface area contributed by atoms with Crippen molar-refractivity contribution in [3.05, 3.63) is 35.9 Å². The number of carbonyl (C=O) groups is 1. The van der Waals surface area contributed by atoms with Crippen molar-refractivity contribution in [1.29, 1.82) is 0 Å². The zero-order chi connectivity index (χ0) is 14.8. The maximum absolute atomic E-state index is 11.7. The third-order valence-corrected chi connectivity index (χ3v) is 2.64. The minimum atomic E-state index is -0.0346. The molecule has 0 heterocycles. The Morgan fingerprint density at radius 1 is 1.20 bits per heavy atom. The molecule has 0 unspecified atom stereocenters. The number of carbonyl (C=O) groups excluding carboxylic acids is 1. The molecular formula is C15H24N4O. The molecular weight excluding hydrogens is 252 g/mol. The molecule has 1 aromatic rings. The normalized spacial score (nSPS) is 11.3. The molecule has 0 aliphatic rings. The van der Waals surface area contributed by atoms with Crippen molar-refractivity contribution in [3.8, 4) is 0 Å². The van der Waals surface area contributed by atoms with Crippen LogP contribution in [-0.4, -0.2) is 38.0 Å². The number of hydrogen-bond acceptors (Lipinski definition) is 2. The van der Waals surface area contributed by atoms with Crippen LogP contribution >= 0.6 is 0 Å². The quantitative estimate of drug-likeness (QED) is 0.535. The van der Waals surface area contributed by atoms with Crippen LogP contribution in [0.3, 0.4) is 0 Å². The van der Waals surface area contributed by atoms with E-state index >= 15 is 0 Å². The summed E-state index contributed by atoms with van der Waals surface area (Å²) in [6.45, 7) is 4.90. The minimum absolute atomic E-state index is 0.0346. The topological polar surface area (TPSA) is 65.5 Å². The first-order valence-corrected chi connectivity index (χ1v) is 6.89. The molecule has 0 aromatic heterocycles. The van der Waals surface area contributed by atoms with Crippen LogP contribution in [0, 0.1) is 0 Å². The van der Waals surface area contributed by atoms with E-state index in [1.807, 2.05) is 32.0 Å². The van der Waals surface area contributed by atoms with Crippen LogP contribution in [0.4, 0.5) is 0 Å². The van der Waals surface area contributed by atoms with Crippen molar-refractivity contribution in [2.45, 2.75) is 26.3 Å². The van der Waals surface area contributed by atoms with Crippen molar-refractivity contribution in [3.63, 3.8) is 0 Å². The van der Waals surface area contributed by atoms with Crippen LogP contribution in [-0.2, 0) is 11.2 Å². The maximum atomic E-state index is 11.7. The van der Waals surface area contributed by atoms with Gasteiger partial charge < -0.3 is 16.0 Å². The van der Waals surface area contributed by atoms with Crippen LogP contribution in [0.15, 0.2) is 35.3 Å². The summed E-state index contributed by atoms with van der Waals surface area (Å²) in [5, 5.41) is 8.98. The zero-order valence-electron chi connectivity index (χ0n) is 12.4. The molecule has 0 saturated heterocycles. The second-order valence-corrected chi connectivity index (χ2v) is 4.81. The van der Waals surface area contributed by atoms with Crippen molar-refractivity contribution in [2.24, 2.45) is 4.99 Å². The van der Waals surface area contributed by atoms with Crippen molar-refractivity contribution >= 4 is 11.9 Å². The molecule has 1 amide bonds. The second-order valence-electron chi connectivity index (χ2n) is 4.81. The fraction of sp³-hybridized carbons (Fsp3) is 0.467. The maximum Gasteiger partial charge on any atom is 0.239 e. The Morgan fingerprint density at radius 3 is 2.50 bits per heavy atom. The number of benzene rings is 1. The molecule has 0 radical (unpaired) electrons. The first-order valence-electron chi connectivity index (χ1n) is 6.89. The fourth-order valence-electron chi connectivity index (χ4n) is 1.69. The monoisotopic (exact) mass is 276 g/mol. The van der Waals surface area contributed by atoms with Gasteiger partial charge in [0.1, 0.15) is 0 Å². The summed E-state index contributed by atoms with van der Waals surface area (Å²) in [7, 11) is 1.69. The number of amides is 1. The number of rotatable bonds is 6. The summed E-state index contributed by atoms with van der Waals surface area (Å²) in [6, 6.07) is 10.4. The highest BCUT2D eigenvalue weighted by atomic mass is 16.1. The van der Waals surface area contributed by atoms with E-state index in [-0.39, 0.29) is 18.5 Å². The summed E-state index contributed by atoms with van der Waals surface area (Å²) in [5.74, 6) is 0.603. The van der Waals surface area contributed by atoms with Gasteiger partial charge in [0, 0.05) is 19.6 Å². The zero-order valence-corrected chi connectivity index (χ0v) is 12.4. The lowest BCUT2D eigenvalue weighted by Crippen LogP contribution is -2.45. The molecule has 0 aliphatic carbocycles. The van der Waals surface area contributed by atoms with E-state index in [9.17, 15) is 4.79 Å². The van der Waals surface area contributed by atoms with E-state index in [2.05, 4.69) is 33.1 Å². The van der Waals surface area contributed by atoms with Crippen LogP contribution in [0.1, 0.15) is 19.4 Å². The highest BCUT2D eigenvalue weighted by Crippen LogP contribution is 1.97. The lowest BCUT2D eigenvalue weighted by Gasteiger charge is -2.14. The van der Waals surface area contributed by atoms with E-state index in [1.165, 1.54) is 5.56 Å². The van der Waals surface area contributed by atoms with Gasteiger partial charge in [-0.2, -0.15) is 0 Å². The smallest absolute Gasteiger partial charge is 0.239 e. The summed E-state index contributed by atoms with van der Waals surface area (Å²) in [5.41, 5.74) is 1.22.